The van der Waals surface area contributed by atoms with Gasteiger partial charge in [-0.2, -0.15) is 0 Å². The maximum atomic E-state index is 6.13. The molecule has 150 valence electrons. The molecule has 1 aliphatic heterocycles. The molecule has 0 unspecified atom stereocenters. The number of rotatable bonds is 6. The second-order valence-electron chi connectivity index (χ2n) is 8.85. The van der Waals surface area contributed by atoms with Crippen molar-refractivity contribution in [3.05, 3.63) is 64.2 Å². The number of piperidine rings is 1. The highest BCUT2D eigenvalue weighted by Crippen LogP contribution is 2.44. The predicted octanol–water partition coefficient (Wildman–Crippen LogP) is 6.44. The van der Waals surface area contributed by atoms with Crippen LogP contribution in [0, 0.1) is 0 Å². The van der Waals surface area contributed by atoms with Gasteiger partial charge in [-0.15, -0.1) is 0 Å². The Labute approximate surface area is 175 Å². The van der Waals surface area contributed by atoms with E-state index in [1.807, 2.05) is 12.1 Å². The van der Waals surface area contributed by atoms with Crippen molar-refractivity contribution in [3.8, 4) is 0 Å². The third-order valence-electron chi connectivity index (χ3n) is 6.60. The second kappa shape index (κ2) is 8.88. The summed E-state index contributed by atoms with van der Waals surface area (Å²) in [6.07, 6.45) is 6.60. The fourth-order valence-electron chi connectivity index (χ4n) is 5.07. The van der Waals surface area contributed by atoms with E-state index in [0.717, 1.165) is 18.1 Å². The largest absolute Gasteiger partial charge is 0.372 e. The van der Waals surface area contributed by atoms with E-state index in [1.54, 1.807) is 11.1 Å². The minimum absolute atomic E-state index is 0.683. The van der Waals surface area contributed by atoms with Crippen molar-refractivity contribution in [1.82, 2.24) is 4.90 Å². The van der Waals surface area contributed by atoms with Gasteiger partial charge >= 0.3 is 0 Å². The van der Waals surface area contributed by atoms with Crippen LogP contribution >= 0.6 is 11.6 Å². The lowest BCUT2D eigenvalue weighted by Crippen LogP contribution is -2.29. The van der Waals surface area contributed by atoms with E-state index in [9.17, 15) is 0 Å². The van der Waals surface area contributed by atoms with E-state index in [-0.39, 0.29) is 0 Å². The van der Waals surface area contributed by atoms with E-state index >= 15 is 0 Å². The molecule has 0 amide bonds. The normalized spacial score (nSPS) is 21.9. The number of anilines is 1. The van der Waals surface area contributed by atoms with Crippen LogP contribution in [0.3, 0.4) is 0 Å². The number of fused-ring (bicyclic) bond motifs is 1. The number of hydrogen-bond donors (Lipinski definition) is 0. The first-order valence-electron chi connectivity index (χ1n) is 10.9. The Morgan fingerprint density at radius 2 is 1.86 bits per heavy atom. The predicted molar refractivity (Wildman–Crippen MR) is 121 cm³/mol. The third kappa shape index (κ3) is 4.55. The monoisotopic (exact) mass is 396 g/mol. The van der Waals surface area contributed by atoms with Crippen molar-refractivity contribution in [2.75, 3.05) is 31.6 Å². The Morgan fingerprint density at radius 3 is 2.64 bits per heavy atom. The molecule has 1 saturated heterocycles. The van der Waals surface area contributed by atoms with Crippen LogP contribution in [0.4, 0.5) is 5.69 Å². The van der Waals surface area contributed by atoms with Gasteiger partial charge in [0.05, 0.1) is 0 Å². The molecule has 2 aliphatic rings. The minimum Gasteiger partial charge on any atom is -0.372 e. The number of hydrogen-bond acceptors (Lipinski definition) is 2. The summed E-state index contributed by atoms with van der Waals surface area (Å²) in [6, 6.07) is 15.5. The summed E-state index contributed by atoms with van der Waals surface area (Å²) in [4.78, 5) is 5.01. The van der Waals surface area contributed by atoms with Gasteiger partial charge in [-0.1, -0.05) is 36.7 Å². The van der Waals surface area contributed by atoms with Gasteiger partial charge in [-0.3, -0.25) is 0 Å². The van der Waals surface area contributed by atoms with Crippen molar-refractivity contribution in [3.63, 3.8) is 0 Å². The highest BCUT2D eigenvalue weighted by Gasteiger charge is 2.29. The van der Waals surface area contributed by atoms with Gasteiger partial charge in [-0.05, 0) is 98.5 Å². The molecule has 2 aromatic rings. The summed E-state index contributed by atoms with van der Waals surface area (Å²) in [5, 5.41) is 0.828. The first-order chi connectivity index (χ1) is 13.6. The topological polar surface area (TPSA) is 6.48 Å². The fraction of sp³-hybridized carbons (Fsp3) is 0.520. The molecule has 2 nitrogen and oxygen atoms in total. The molecule has 28 heavy (non-hydrogen) atoms. The Bertz CT molecular complexity index is 797. The van der Waals surface area contributed by atoms with Crippen LogP contribution in [-0.4, -0.2) is 31.6 Å². The molecule has 0 spiro atoms. The zero-order valence-electron chi connectivity index (χ0n) is 17.3. The summed E-state index contributed by atoms with van der Waals surface area (Å²) >= 11 is 6.13. The molecule has 0 aromatic heterocycles. The Kier molecular flexibility index (Phi) is 6.28. The van der Waals surface area contributed by atoms with Crippen molar-refractivity contribution >= 4 is 17.3 Å². The van der Waals surface area contributed by atoms with E-state index in [0.29, 0.717) is 11.8 Å². The lowest BCUT2D eigenvalue weighted by atomic mass is 9.97. The summed E-state index contributed by atoms with van der Waals surface area (Å²) in [5.74, 6) is 1.38. The Hall–Kier alpha value is -1.51. The molecular formula is C25H33ClN2. The lowest BCUT2D eigenvalue weighted by molar-refractivity contribution is 0.309. The molecule has 1 aliphatic carbocycles. The average Bonchev–Trinajstić information content (AvgIpc) is 3.02. The molecule has 0 N–H and O–H groups in total. The third-order valence-corrected chi connectivity index (χ3v) is 6.84. The molecule has 0 bridgehead atoms. The van der Waals surface area contributed by atoms with Gasteiger partial charge in [0.15, 0.2) is 0 Å². The van der Waals surface area contributed by atoms with Gasteiger partial charge in [0.1, 0.15) is 0 Å². The zero-order valence-corrected chi connectivity index (χ0v) is 18.1. The summed E-state index contributed by atoms with van der Waals surface area (Å²) in [7, 11) is 2.22. The molecule has 2 atom stereocenters. The maximum absolute atomic E-state index is 6.13. The van der Waals surface area contributed by atoms with E-state index < -0.39 is 0 Å². The zero-order chi connectivity index (χ0) is 19.5. The smallest absolute Gasteiger partial charge is 0.0409 e. The standard InChI is InChI=1S/C25H33ClN2/c1-19-15-21(11-14-27(2)18-20-7-6-8-22(26)16-20)24-10-9-23(17-25(19)24)28-12-4-3-5-13-28/h6-10,16-17,19,21H,3-5,11-15,18H2,1-2H3/t19-,21-/m1/s1. The van der Waals surface area contributed by atoms with Crippen LogP contribution in [0.5, 0.6) is 0 Å². The minimum atomic E-state index is 0.683. The Morgan fingerprint density at radius 1 is 1.04 bits per heavy atom. The SMILES string of the molecule is C[C@@H]1C[C@@H](CCN(C)Cc2cccc(Cl)c2)c2ccc(N3CCCCC3)cc21. The molecule has 2 aromatic carbocycles. The molecule has 3 heteroatoms. The van der Waals surface area contributed by atoms with Crippen molar-refractivity contribution in [1.29, 1.82) is 0 Å². The first-order valence-corrected chi connectivity index (χ1v) is 11.3. The molecule has 4 rings (SSSR count). The second-order valence-corrected chi connectivity index (χ2v) is 9.29. The van der Waals surface area contributed by atoms with Crippen LogP contribution in [0.1, 0.15) is 67.6 Å². The molecule has 1 fully saturated rings. The van der Waals surface area contributed by atoms with Crippen molar-refractivity contribution < 1.29 is 0 Å². The Balaban J connectivity index is 1.38. The van der Waals surface area contributed by atoms with E-state index in [1.165, 1.54) is 56.4 Å². The highest BCUT2D eigenvalue weighted by atomic mass is 35.5. The molecule has 0 saturated carbocycles. The summed E-state index contributed by atoms with van der Waals surface area (Å²) < 4.78 is 0. The van der Waals surface area contributed by atoms with Crippen LogP contribution in [-0.2, 0) is 6.54 Å². The van der Waals surface area contributed by atoms with E-state index in [2.05, 4.69) is 54.1 Å². The van der Waals surface area contributed by atoms with E-state index in [4.69, 9.17) is 11.6 Å². The molecule has 1 heterocycles. The van der Waals surface area contributed by atoms with Crippen molar-refractivity contribution in [2.24, 2.45) is 0 Å². The van der Waals surface area contributed by atoms with Gasteiger partial charge < -0.3 is 9.80 Å². The summed E-state index contributed by atoms with van der Waals surface area (Å²) in [5.41, 5.74) is 5.94. The average molecular weight is 397 g/mol. The number of nitrogens with zero attached hydrogens (tertiary/aromatic N) is 2. The number of benzene rings is 2. The first kappa shape index (κ1) is 19.8. The molecular weight excluding hydrogens is 364 g/mol. The van der Waals surface area contributed by atoms with Gasteiger partial charge in [0.25, 0.3) is 0 Å². The van der Waals surface area contributed by atoms with Crippen LogP contribution in [0.2, 0.25) is 5.02 Å². The van der Waals surface area contributed by atoms with Crippen molar-refractivity contribution in [2.45, 2.75) is 57.4 Å². The quantitative estimate of drug-likeness (QED) is 0.554. The van der Waals surface area contributed by atoms with Gasteiger partial charge in [0.2, 0.25) is 0 Å². The van der Waals surface area contributed by atoms with Gasteiger partial charge in [0, 0.05) is 30.3 Å². The molecule has 0 radical (unpaired) electrons. The van der Waals surface area contributed by atoms with Crippen LogP contribution in [0.25, 0.3) is 0 Å². The maximum Gasteiger partial charge on any atom is 0.0409 e. The fourth-order valence-corrected chi connectivity index (χ4v) is 5.28. The number of halogens is 1. The summed E-state index contributed by atoms with van der Waals surface area (Å²) in [6.45, 7) is 6.95. The van der Waals surface area contributed by atoms with Crippen LogP contribution < -0.4 is 4.90 Å². The van der Waals surface area contributed by atoms with Gasteiger partial charge in [-0.25, -0.2) is 0 Å². The lowest BCUT2D eigenvalue weighted by Gasteiger charge is -2.29. The van der Waals surface area contributed by atoms with Crippen LogP contribution in [0.15, 0.2) is 42.5 Å². The highest BCUT2D eigenvalue weighted by molar-refractivity contribution is 6.30.